The van der Waals surface area contributed by atoms with Crippen molar-refractivity contribution >= 4 is 33.7 Å². The highest BCUT2D eigenvalue weighted by Crippen LogP contribution is 2.31. The summed E-state index contributed by atoms with van der Waals surface area (Å²) in [4.78, 5) is 33.9. The van der Waals surface area contributed by atoms with Crippen LogP contribution in [0.25, 0.3) is 50.4 Å². The molecule has 1 amide bonds. The fourth-order valence-electron chi connectivity index (χ4n) is 4.12. The average Bonchev–Trinajstić information content (AvgIpc) is 3.60. The van der Waals surface area contributed by atoms with Gasteiger partial charge in [0.25, 0.3) is 0 Å². The van der Waals surface area contributed by atoms with Gasteiger partial charge in [0, 0.05) is 35.1 Å². The highest BCUT2D eigenvalue weighted by atomic mass is 16.2. The Morgan fingerprint density at radius 1 is 1.05 bits per heavy atom. The molecule has 3 N–H and O–H groups in total. The lowest BCUT2D eigenvalue weighted by molar-refractivity contribution is -0.123. The van der Waals surface area contributed by atoms with Crippen LogP contribution >= 0.6 is 0 Å². The van der Waals surface area contributed by atoms with Gasteiger partial charge in [0.2, 0.25) is 5.91 Å². The molecular formula is C27H25N9O. The normalized spacial score (nSPS) is 11.9. The van der Waals surface area contributed by atoms with Crippen LogP contribution in [0.4, 0.5) is 5.69 Å². The van der Waals surface area contributed by atoms with Crippen molar-refractivity contribution in [3.63, 3.8) is 0 Å². The van der Waals surface area contributed by atoms with Crippen molar-refractivity contribution in [1.82, 2.24) is 39.7 Å². The van der Waals surface area contributed by atoms with Crippen LogP contribution in [0.3, 0.4) is 0 Å². The van der Waals surface area contributed by atoms with Gasteiger partial charge < -0.3 is 14.9 Å². The second-order valence-electron chi connectivity index (χ2n) is 10.0. The van der Waals surface area contributed by atoms with Gasteiger partial charge in [-0.05, 0) is 31.2 Å². The summed E-state index contributed by atoms with van der Waals surface area (Å²) < 4.78 is 1.96. The highest BCUT2D eigenvalue weighted by molar-refractivity contribution is 5.96. The maximum absolute atomic E-state index is 12.4. The fraction of sp³-hybridized carbons (Fsp3) is 0.185. The molecule has 0 aliphatic carbocycles. The van der Waals surface area contributed by atoms with E-state index in [9.17, 15) is 4.79 Å². The van der Waals surface area contributed by atoms with Gasteiger partial charge in [-0.2, -0.15) is 5.10 Å². The molecule has 0 aliphatic rings. The second-order valence-corrected chi connectivity index (χ2v) is 10.0. The maximum atomic E-state index is 12.4. The summed E-state index contributed by atoms with van der Waals surface area (Å²) in [5.41, 5.74) is 6.70. The van der Waals surface area contributed by atoms with E-state index in [1.807, 2.05) is 68.8 Å². The number of nitrogens with zero attached hydrogens (tertiary/aromatic N) is 6. The number of hydrogen-bond donors (Lipinski definition) is 3. The number of amides is 1. The zero-order valence-corrected chi connectivity index (χ0v) is 20.9. The summed E-state index contributed by atoms with van der Waals surface area (Å²) in [7, 11) is 0. The van der Waals surface area contributed by atoms with E-state index in [0.717, 1.165) is 44.6 Å². The van der Waals surface area contributed by atoms with E-state index in [0.29, 0.717) is 17.2 Å². The lowest BCUT2D eigenvalue weighted by Crippen LogP contribution is -2.27. The molecule has 6 aromatic rings. The number of aryl methyl sites for hydroxylation is 1. The van der Waals surface area contributed by atoms with Crippen LogP contribution < -0.4 is 5.32 Å². The molecule has 1 aromatic carbocycles. The second kappa shape index (κ2) is 8.37. The molecule has 0 unspecified atom stereocenters. The Morgan fingerprint density at radius 2 is 1.89 bits per heavy atom. The SMILES string of the molecule is Cc1cn(-c2cccc3[nH]c(-c4[nH]nc5ncc(-c6cncc(NC(=O)C(C)(C)C)c6)cc45)nc23)cn1. The molecule has 0 fully saturated rings. The molecule has 0 saturated heterocycles. The van der Waals surface area contributed by atoms with Crippen LogP contribution in [0.5, 0.6) is 0 Å². The van der Waals surface area contributed by atoms with Crippen molar-refractivity contribution in [2.24, 2.45) is 5.41 Å². The van der Waals surface area contributed by atoms with Gasteiger partial charge in [-0.3, -0.25) is 14.9 Å². The Balaban J connectivity index is 1.40. The Morgan fingerprint density at radius 3 is 2.68 bits per heavy atom. The molecule has 0 spiro atoms. The van der Waals surface area contributed by atoms with Gasteiger partial charge in [0.15, 0.2) is 11.5 Å². The number of pyridine rings is 2. The van der Waals surface area contributed by atoms with Gasteiger partial charge in [-0.1, -0.05) is 26.8 Å². The lowest BCUT2D eigenvalue weighted by atomic mass is 9.95. The van der Waals surface area contributed by atoms with Crippen LogP contribution in [-0.2, 0) is 4.79 Å². The molecule has 0 aliphatic heterocycles. The third kappa shape index (κ3) is 4.12. The van der Waals surface area contributed by atoms with E-state index in [4.69, 9.17) is 4.98 Å². The van der Waals surface area contributed by atoms with E-state index in [1.54, 1.807) is 24.9 Å². The average molecular weight is 492 g/mol. The van der Waals surface area contributed by atoms with Crippen molar-refractivity contribution in [2.75, 3.05) is 5.32 Å². The van der Waals surface area contributed by atoms with E-state index < -0.39 is 5.41 Å². The minimum absolute atomic E-state index is 0.0766. The van der Waals surface area contributed by atoms with Crippen LogP contribution in [0, 0.1) is 12.3 Å². The van der Waals surface area contributed by atoms with E-state index in [-0.39, 0.29) is 5.91 Å². The molecule has 10 heteroatoms. The lowest BCUT2D eigenvalue weighted by Gasteiger charge is -2.17. The first-order valence-electron chi connectivity index (χ1n) is 11.9. The third-order valence-corrected chi connectivity index (χ3v) is 6.14. The topological polar surface area (TPSA) is 130 Å². The van der Waals surface area contributed by atoms with Gasteiger partial charge in [0.1, 0.15) is 11.2 Å². The van der Waals surface area contributed by atoms with Crippen molar-refractivity contribution in [1.29, 1.82) is 0 Å². The number of imidazole rings is 2. The number of H-pyrrole nitrogens is 2. The van der Waals surface area contributed by atoms with Gasteiger partial charge in [-0.25, -0.2) is 15.0 Å². The number of aromatic nitrogens is 8. The van der Waals surface area contributed by atoms with Gasteiger partial charge in [0.05, 0.1) is 40.5 Å². The summed E-state index contributed by atoms with van der Waals surface area (Å²) in [5.74, 6) is 0.581. The zero-order valence-electron chi connectivity index (χ0n) is 20.9. The first kappa shape index (κ1) is 22.6. The number of carbonyl (C=O) groups excluding carboxylic acids is 1. The van der Waals surface area contributed by atoms with Gasteiger partial charge in [-0.15, -0.1) is 0 Å². The molecule has 0 atom stereocenters. The smallest absolute Gasteiger partial charge is 0.229 e. The Hall–Kier alpha value is -4.86. The molecule has 0 saturated carbocycles. The maximum Gasteiger partial charge on any atom is 0.229 e. The Kier molecular flexibility index (Phi) is 5.11. The first-order valence-corrected chi connectivity index (χ1v) is 11.9. The molecular weight excluding hydrogens is 466 g/mol. The number of anilines is 1. The molecule has 184 valence electrons. The molecule has 10 nitrogen and oxygen atoms in total. The molecule has 6 rings (SSSR count). The van der Waals surface area contributed by atoms with Crippen molar-refractivity contribution in [2.45, 2.75) is 27.7 Å². The zero-order chi connectivity index (χ0) is 25.7. The Bertz CT molecular complexity index is 1780. The van der Waals surface area contributed by atoms with Crippen molar-refractivity contribution in [3.8, 4) is 28.3 Å². The number of aromatic amines is 2. The molecule has 37 heavy (non-hydrogen) atoms. The highest BCUT2D eigenvalue weighted by Gasteiger charge is 2.21. The van der Waals surface area contributed by atoms with Gasteiger partial charge >= 0.3 is 0 Å². The predicted molar refractivity (Wildman–Crippen MR) is 142 cm³/mol. The minimum Gasteiger partial charge on any atom is -0.337 e. The van der Waals surface area contributed by atoms with Crippen molar-refractivity contribution < 1.29 is 4.79 Å². The van der Waals surface area contributed by atoms with Crippen LogP contribution in [0.2, 0.25) is 0 Å². The largest absolute Gasteiger partial charge is 0.337 e. The van der Waals surface area contributed by atoms with Crippen molar-refractivity contribution in [3.05, 3.63) is 67.1 Å². The fourth-order valence-corrected chi connectivity index (χ4v) is 4.12. The first-order chi connectivity index (χ1) is 17.8. The van der Waals surface area contributed by atoms with Crippen LogP contribution in [-0.4, -0.2) is 45.6 Å². The molecule has 0 bridgehead atoms. The van der Waals surface area contributed by atoms with E-state index >= 15 is 0 Å². The number of para-hydroxylation sites is 1. The summed E-state index contributed by atoms with van der Waals surface area (Å²) in [6, 6.07) is 9.88. The van der Waals surface area contributed by atoms with E-state index in [1.165, 1.54) is 0 Å². The quantitative estimate of drug-likeness (QED) is 0.317. The third-order valence-electron chi connectivity index (χ3n) is 6.14. The number of benzene rings is 1. The minimum atomic E-state index is -0.509. The summed E-state index contributed by atoms with van der Waals surface area (Å²) in [5, 5.41) is 11.2. The molecule has 5 heterocycles. The number of nitrogens with one attached hydrogen (secondary N) is 3. The van der Waals surface area contributed by atoms with E-state index in [2.05, 4.69) is 35.5 Å². The Labute approximate surface area is 212 Å². The molecule has 5 aromatic heterocycles. The number of rotatable bonds is 4. The van der Waals surface area contributed by atoms with Crippen LogP contribution in [0.1, 0.15) is 26.5 Å². The predicted octanol–water partition coefficient (Wildman–Crippen LogP) is 5.04. The van der Waals surface area contributed by atoms with Crippen LogP contribution in [0.15, 0.2) is 61.4 Å². The summed E-state index contributed by atoms with van der Waals surface area (Å²) >= 11 is 0. The monoisotopic (exact) mass is 491 g/mol. The standard InChI is InChI=1S/C27H25N9O/c1-15-13-36(14-30-15)21-7-5-6-20-23(21)33-25(32-20)22-19-9-17(11-29-24(19)35-34-22)16-8-18(12-28-10-16)31-26(37)27(2,3)4/h5-14H,1-4H3,(H,31,37)(H,32,33)(H,29,34,35). The number of fused-ring (bicyclic) bond motifs is 2. The number of carbonyl (C=O) groups is 1. The molecule has 0 radical (unpaired) electrons. The summed E-state index contributed by atoms with van der Waals surface area (Å²) in [6.45, 7) is 7.57. The summed E-state index contributed by atoms with van der Waals surface area (Å²) in [6.07, 6.45) is 8.88. The number of hydrogen-bond acceptors (Lipinski definition) is 6.